The minimum absolute atomic E-state index is 0.130. The first-order valence-corrected chi connectivity index (χ1v) is 11.7. The Hall–Kier alpha value is -3.71. The van der Waals surface area contributed by atoms with Crippen molar-refractivity contribution in [1.29, 1.82) is 0 Å². The van der Waals surface area contributed by atoms with Gasteiger partial charge in [0.2, 0.25) is 5.91 Å². The van der Waals surface area contributed by atoms with Gasteiger partial charge in [0.1, 0.15) is 0 Å². The molecule has 1 amide bonds. The Labute approximate surface area is 194 Å². The summed E-state index contributed by atoms with van der Waals surface area (Å²) in [6.45, 7) is 4.50. The lowest BCUT2D eigenvalue weighted by Crippen LogP contribution is -2.28. The molecule has 0 saturated heterocycles. The number of fused-ring (bicyclic) bond motifs is 2. The van der Waals surface area contributed by atoms with Gasteiger partial charge in [0, 0.05) is 13.0 Å². The average Bonchev–Trinajstić information content (AvgIpc) is 3.38. The van der Waals surface area contributed by atoms with Gasteiger partial charge >= 0.3 is 5.76 Å². The Morgan fingerprint density at radius 2 is 1.76 bits per heavy atom. The van der Waals surface area contributed by atoms with Gasteiger partial charge in [0.05, 0.1) is 21.4 Å². The summed E-state index contributed by atoms with van der Waals surface area (Å²) in [6, 6.07) is 23.1. The third kappa shape index (κ3) is 4.07. The molecule has 33 heavy (non-hydrogen) atoms. The van der Waals surface area contributed by atoms with Gasteiger partial charge in [0.25, 0.3) is 0 Å². The molecular formula is C26H23N3O3S. The lowest BCUT2D eigenvalue weighted by atomic mass is 10.0. The first-order chi connectivity index (χ1) is 16.0. The number of amides is 1. The number of hydrogen-bond acceptors (Lipinski definition) is 5. The Bertz CT molecular complexity index is 1460. The van der Waals surface area contributed by atoms with Crippen molar-refractivity contribution in [2.75, 3.05) is 4.90 Å². The molecule has 0 unspecified atom stereocenters. The van der Waals surface area contributed by atoms with Crippen LogP contribution in [0.5, 0.6) is 0 Å². The van der Waals surface area contributed by atoms with Gasteiger partial charge < -0.3 is 4.42 Å². The van der Waals surface area contributed by atoms with E-state index >= 15 is 0 Å². The van der Waals surface area contributed by atoms with Gasteiger partial charge in [-0.3, -0.25) is 14.3 Å². The molecular weight excluding hydrogens is 434 g/mol. The number of para-hydroxylation sites is 3. The van der Waals surface area contributed by atoms with Crippen molar-refractivity contribution in [1.82, 2.24) is 9.55 Å². The summed E-state index contributed by atoms with van der Waals surface area (Å²) in [5.41, 5.74) is 4.01. The summed E-state index contributed by atoms with van der Waals surface area (Å²) in [6.07, 6.45) is 0.130. The first kappa shape index (κ1) is 21.2. The van der Waals surface area contributed by atoms with Crippen molar-refractivity contribution in [2.45, 2.75) is 32.7 Å². The summed E-state index contributed by atoms with van der Waals surface area (Å²) in [4.78, 5) is 32.2. The molecule has 3 aromatic carbocycles. The van der Waals surface area contributed by atoms with Crippen LogP contribution in [0, 0.1) is 0 Å². The first-order valence-electron chi connectivity index (χ1n) is 10.9. The molecule has 0 N–H and O–H groups in total. The van der Waals surface area contributed by atoms with Gasteiger partial charge in [0.15, 0.2) is 10.7 Å². The fourth-order valence-electron chi connectivity index (χ4n) is 3.87. The van der Waals surface area contributed by atoms with Crippen molar-refractivity contribution in [3.8, 4) is 0 Å². The van der Waals surface area contributed by atoms with Crippen LogP contribution in [0.1, 0.15) is 31.7 Å². The summed E-state index contributed by atoms with van der Waals surface area (Å²) >= 11 is 1.48. The Morgan fingerprint density at radius 3 is 2.52 bits per heavy atom. The van der Waals surface area contributed by atoms with Crippen LogP contribution in [0.2, 0.25) is 0 Å². The highest BCUT2D eigenvalue weighted by atomic mass is 32.1. The molecule has 0 aliphatic carbocycles. The summed E-state index contributed by atoms with van der Waals surface area (Å²) < 4.78 is 7.83. The maximum absolute atomic E-state index is 13.5. The van der Waals surface area contributed by atoms with E-state index in [1.54, 1.807) is 11.0 Å². The number of hydrogen-bond donors (Lipinski definition) is 0. The molecule has 0 fully saturated rings. The monoisotopic (exact) mass is 457 g/mol. The molecule has 0 bridgehead atoms. The van der Waals surface area contributed by atoms with Crippen LogP contribution in [0.25, 0.3) is 21.3 Å². The van der Waals surface area contributed by atoms with E-state index in [2.05, 4.69) is 13.8 Å². The number of rotatable bonds is 6. The van der Waals surface area contributed by atoms with Crippen molar-refractivity contribution in [3.63, 3.8) is 0 Å². The predicted octanol–water partition coefficient (Wildman–Crippen LogP) is 6.08. The summed E-state index contributed by atoms with van der Waals surface area (Å²) in [5.74, 6) is -0.202. The molecule has 0 radical (unpaired) electrons. The SMILES string of the molecule is CC(C)c1ccc(N(C(=O)CCn2c(=O)oc3ccccc32)c2nc3ccccc3s2)cc1. The highest BCUT2D eigenvalue weighted by molar-refractivity contribution is 7.22. The van der Waals surface area contributed by atoms with Crippen LogP contribution in [0.15, 0.2) is 82.0 Å². The minimum atomic E-state index is -0.461. The maximum Gasteiger partial charge on any atom is 0.419 e. The smallest absolute Gasteiger partial charge is 0.408 e. The molecule has 166 valence electrons. The topological polar surface area (TPSA) is 68.3 Å². The van der Waals surface area contributed by atoms with Gasteiger partial charge in [-0.1, -0.05) is 61.6 Å². The molecule has 0 atom stereocenters. The zero-order valence-electron chi connectivity index (χ0n) is 18.4. The third-order valence-electron chi connectivity index (χ3n) is 5.66. The zero-order chi connectivity index (χ0) is 22.9. The minimum Gasteiger partial charge on any atom is -0.408 e. The van der Waals surface area contributed by atoms with E-state index < -0.39 is 5.76 Å². The van der Waals surface area contributed by atoms with Crippen molar-refractivity contribution < 1.29 is 9.21 Å². The molecule has 0 spiro atoms. The molecule has 0 aliphatic rings. The second-order valence-electron chi connectivity index (χ2n) is 8.18. The van der Waals surface area contributed by atoms with Crippen LogP contribution in [-0.4, -0.2) is 15.5 Å². The van der Waals surface area contributed by atoms with Crippen molar-refractivity contribution in [3.05, 3.63) is 88.9 Å². The van der Waals surface area contributed by atoms with E-state index in [0.717, 1.165) is 15.9 Å². The van der Waals surface area contributed by atoms with E-state index in [9.17, 15) is 9.59 Å². The number of thiazole rings is 1. The molecule has 5 rings (SSSR count). The lowest BCUT2D eigenvalue weighted by Gasteiger charge is -2.21. The number of aromatic nitrogens is 2. The van der Waals surface area contributed by atoms with Crippen LogP contribution in [0.4, 0.5) is 10.8 Å². The number of carbonyl (C=O) groups is 1. The van der Waals surface area contributed by atoms with Gasteiger partial charge in [-0.25, -0.2) is 9.78 Å². The standard InChI is InChI=1S/C26H23N3O3S/c1-17(2)18-11-13-19(14-12-18)29(25-27-20-7-3-6-10-23(20)33-25)24(30)15-16-28-21-8-4-5-9-22(21)32-26(28)31/h3-14,17H,15-16H2,1-2H3. The van der Waals surface area contributed by atoms with E-state index in [1.807, 2.05) is 66.7 Å². The number of aryl methyl sites for hydroxylation is 1. The van der Waals surface area contributed by atoms with Gasteiger partial charge in [-0.2, -0.15) is 0 Å². The molecule has 2 heterocycles. The van der Waals surface area contributed by atoms with E-state index in [1.165, 1.54) is 21.5 Å². The molecule has 2 aromatic heterocycles. The summed E-state index contributed by atoms with van der Waals surface area (Å²) in [7, 11) is 0. The number of oxazole rings is 1. The zero-order valence-corrected chi connectivity index (χ0v) is 19.2. The van der Waals surface area contributed by atoms with Crippen molar-refractivity contribution >= 4 is 49.4 Å². The fraction of sp³-hybridized carbons (Fsp3) is 0.192. The Kier molecular flexibility index (Phi) is 5.56. The third-order valence-corrected chi connectivity index (χ3v) is 6.69. The molecule has 0 saturated carbocycles. The normalized spacial score (nSPS) is 11.5. The van der Waals surface area contributed by atoms with Gasteiger partial charge in [-0.05, 0) is 47.9 Å². The maximum atomic E-state index is 13.5. The largest absolute Gasteiger partial charge is 0.419 e. The van der Waals surface area contributed by atoms with E-state index in [4.69, 9.17) is 9.40 Å². The van der Waals surface area contributed by atoms with Crippen molar-refractivity contribution in [2.24, 2.45) is 0 Å². The van der Waals surface area contributed by atoms with Crippen LogP contribution >= 0.6 is 11.3 Å². The quantitative estimate of drug-likeness (QED) is 0.310. The van der Waals surface area contributed by atoms with Crippen LogP contribution in [-0.2, 0) is 11.3 Å². The second-order valence-corrected chi connectivity index (χ2v) is 9.19. The molecule has 5 aromatic rings. The van der Waals surface area contributed by atoms with E-state index in [0.29, 0.717) is 22.1 Å². The Morgan fingerprint density at radius 1 is 1.03 bits per heavy atom. The highest BCUT2D eigenvalue weighted by Crippen LogP contribution is 2.34. The highest BCUT2D eigenvalue weighted by Gasteiger charge is 2.23. The number of anilines is 2. The average molecular weight is 458 g/mol. The van der Waals surface area contributed by atoms with Gasteiger partial charge in [-0.15, -0.1) is 0 Å². The van der Waals surface area contributed by atoms with E-state index in [-0.39, 0.29) is 18.9 Å². The fourth-order valence-corrected chi connectivity index (χ4v) is 4.87. The predicted molar refractivity (Wildman–Crippen MR) is 132 cm³/mol. The summed E-state index contributed by atoms with van der Waals surface area (Å²) in [5, 5.41) is 0.614. The lowest BCUT2D eigenvalue weighted by molar-refractivity contribution is -0.118. The van der Waals surface area contributed by atoms with Crippen LogP contribution < -0.4 is 10.7 Å². The second kappa shape index (κ2) is 8.67. The molecule has 6 nitrogen and oxygen atoms in total. The Balaban J connectivity index is 1.49. The molecule has 7 heteroatoms. The number of carbonyl (C=O) groups excluding carboxylic acids is 1. The number of benzene rings is 3. The number of nitrogens with zero attached hydrogens (tertiary/aromatic N) is 3. The van der Waals surface area contributed by atoms with Crippen LogP contribution in [0.3, 0.4) is 0 Å². The molecule has 0 aliphatic heterocycles.